The first-order valence-corrected chi connectivity index (χ1v) is 9.72. The Labute approximate surface area is 181 Å². The zero-order valence-electron chi connectivity index (χ0n) is 16.3. The predicted molar refractivity (Wildman–Crippen MR) is 115 cm³/mol. The van der Waals surface area contributed by atoms with Crippen molar-refractivity contribution in [3.8, 4) is 5.75 Å². The molecule has 4 rings (SSSR count). The van der Waals surface area contributed by atoms with Crippen LogP contribution in [0, 0.1) is 6.92 Å². The molecule has 0 aliphatic carbocycles. The Morgan fingerprint density at radius 1 is 1.24 bits per heavy atom. The molecule has 6 nitrogen and oxygen atoms in total. The van der Waals surface area contributed by atoms with Gasteiger partial charge in [0.15, 0.2) is 5.82 Å². The molecule has 2 aromatic carbocycles. The van der Waals surface area contributed by atoms with Crippen LogP contribution in [-0.4, -0.2) is 41.7 Å². The van der Waals surface area contributed by atoms with Crippen LogP contribution in [0.25, 0.3) is 0 Å². The Balaban J connectivity index is 0.00000240. The number of aromatic nitrogens is 2. The molecule has 1 aromatic heterocycles. The minimum Gasteiger partial charge on any atom is -0.476 e. The molecule has 154 valence electrons. The molecule has 0 amide bonds. The normalized spacial score (nSPS) is 18.1. The van der Waals surface area contributed by atoms with Gasteiger partial charge in [-0.2, -0.15) is 4.98 Å². The smallest absolute Gasteiger partial charge is 0.272 e. The molecule has 1 saturated heterocycles. The van der Waals surface area contributed by atoms with Crippen LogP contribution in [0.5, 0.6) is 5.75 Å². The first kappa shape index (κ1) is 21.6. The molecule has 29 heavy (non-hydrogen) atoms. The third-order valence-electron chi connectivity index (χ3n) is 4.97. The van der Waals surface area contributed by atoms with Crippen molar-refractivity contribution in [3.63, 3.8) is 0 Å². The third kappa shape index (κ3) is 4.90. The van der Waals surface area contributed by atoms with Gasteiger partial charge in [0, 0.05) is 30.2 Å². The Kier molecular flexibility index (Phi) is 7.14. The van der Waals surface area contributed by atoms with Crippen LogP contribution in [0.15, 0.2) is 53.1 Å². The summed E-state index contributed by atoms with van der Waals surface area (Å²) in [5, 5.41) is 8.30. The molecular formula is C21H24Cl2N4O2. The Bertz CT molecular complexity index is 935. The average molecular weight is 435 g/mol. The molecule has 0 radical (unpaired) electrons. The van der Waals surface area contributed by atoms with Crippen molar-refractivity contribution in [1.29, 1.82) is 0 Å². The molecule has 8 heteroatoms. The van der Waals surface area contributed by atoms with E-state index in [1.54, 1.807) is 0 Å². The molecule has 2 atom stereocenters. The third-order valence-corrected chi connectivity index (χ3v) is 5.21. The summed E-state index contributed by atoms with van der Waals surface area (Å²) in [5.41, 5.74) is 1.89. The quantitative estimate of drug-likeness (QED) is 0.648. The fourth-order valence-corrected chi connectivity index (χ4v) is 3.57. The van der Waals surface area contributed by atoms with Crippen molar-refractivity contribution in [2.24, 2.45) is 0 Å². The number of hydrogen-bond donors (Lipinski definition) is 1. The number of benzene rings is 2. The molecule has 1 aliphatic heterocycles. The number of rotatable bonds is 5. The lowest BCUT2D eigenvalue weighted by molar-refractivity contribution is 0.184. The maximum absolute atomic E-state index is 6.32. The van der Waals surface area contributed by atoms with E-state index in [4.69, 9.17) is 25.8 Å². The van der Waals surface area contributed by atoms with Gasteiger partial charge in [0.25, 0.3) is 5.89 Å². The fourth-order valence-electron chi connectivity index (χ4n) is 3.34. The first-order chi connectivity index (χ1) is 13.6. The van der Waals surface area contributed by atoms with Gasteiger partial charge in [-0.25, -0.2) is 0 Å². The highest BCUT2D eigenvalue weighted by Gasteiger charge is 2.29. The highest BCUT2D eigenvalue weighted by atomic mass is 35.5. The van der Waals surface area contributed by atoms with Gasteiger partial charge in [0.05, 0.1) is 6.04 Å². The second-order valence-corrected chi connectivity index (χ2v) is 7.45. The summed E-state index contributed by atoms with van der Waals surface area (Å²) < 4.78 is 12.0. The molecule has 3 aromatic rings. The van der Waals surface area contributed by atoms with Crippen LogP contribution in [-0.2, 0) is 0 Å². The number of nitrogens with one attached hydrogen (secondary N) is 1. The highest BCUT2D eigenvalue weighted by molar-refractivity contribution is 6.30. The van der Waals surface area contributed by atoms with Crippen molar-refractivity contribution < 1.29 is 9.26 Å². The van der Waals surface area contributed by atoms with Gasteiger partial charge in [-0.05, 0) is 37.7 Å². The van der Waals surface area contributed by atoms with E-state index < -0.39 is 6.10 Å². The lowest BCUT2D eigenvalue weighted by Gasteiger charge is -2.30. The lowest BCUT2D eigenvalue weighted by Crippen LogP contribution is -2.44. The van der Waals surface area contributed by atoms with E-state index in [-0.39, 0.29) is 18.4 Å². The Morgan fingerprint density at radius 2 is 2.03 bits per heavy atom. The molecule has 1 aliphatic rings. The van der Waals surface area contributed by atoms with Crippen molar-refractivity contribution >= 4 is 24.0 Å². The molecule has 1 N–H and O–H groups in total. The number of aryl methyl sites for hydroxylation is 1. The van der Waals surface area contributed by atoms with E-state index in [1.807, 2.05) is 55.5 Å². The van der Waals surface area contributed by atoms with Gasteiger partial charge in [0.1, 0.15) is 5.75 Å². The summed E-state index contributed by atoms with van der Waals surface area (Å²) in [5.74, 6) is 1.84. The molecule has 2 heterocycles. The van der Waals surface area contributed by atoms with E-state index in [0.29, 0.717) is 16.7 Å². The van der Waals surface area contributed by atoms with Crippen molar-refractivity contribution in [1.82, 2.24) is 20.4 Å². The second kappa shape index (κ2) is 9.59. The number of likely N-dealkylation sites (N-methyl/N-ethyl adjacent to an activating group) is 1. The monoisotopic (exact) mass is 434 g/mol. The van der Waals surface area contributed by atoms with E-state index in [1.165, 1.54) is 0 Å². The van der Waals surface area contributed by atoms with Crippen LogP contribution in [0.2, 0.25) is 5.02 Å². The maximum Gasteiger partial charge on any atom is 0.272 e. The van der Waals surface area contributed by atoms with Gasteiger partial charge in [-0.15, -0.1) is 12.4 Å². The second-order valence-electron chi connectivity index (χ2n) is 7.01. The molecular weight excluding hydrogens is 411 g/mol. The average Bonchev–Trinajstić information content (AvgIpc) is 3.18. The van der Waals surface area contributed by atoms with Crippen LogP contribution < -0.4 is 10.1 Å². The zero-order valence-corrected chi connectivity index (χ0v) is 17.9. The summed E-state index contributed by atoms with van der Waals surface area (Å²) in [7, 11) is 2.07. The molecule has 0 bridgehead atoms. The maximum atomic E-state index is 6.32. The molecule has 0 spiro atoms. The van der Waals surface area contributed by atoms with E-state index in [0.717, 1.165) is 36.5 Å². The molecule has 1 fully saturated rings. The van der Waals surface area contributed by atoms with Gasteiger partial charge in [-0.1, -0.05) is 47.1 Å². The number of halogens is 2. The highest BCUT2D eigenvalue weighted by Crippen LogP contribution is 2.31. The number of hydrogen-bond acceptors (Lipinski definition) is 6. The van der Waals surface area contributed by atoms with Crippen molar-refractivity contribution in [2.45, 2.75) is 19.1 Å². The fraction of sp³-hybridized carbons (Fsp3) is 0.333. The molecule has 0 saturated carbocycles. The Morgan fingerprint density at radius 3 is 2.76 bits per heavy atom. The molecule has 2 unspecified atom stereocenters. The van der Waals surface area contributed by atoms with Gasteiger partial charge >= 0.3 is 0 Å². The summed E-state index contributed by atoms with van der Waals surface area (Å²) >= 11 is 6.08. The number of ether oxygens (including phenoxy) is 1. The minimum absolute atomic E-state index is 0. The summed E-state index contributed by atoms with van der Waals surface area (Å²) in [6.45, 7) is 4.66. The first-order valence-electron chi connectivity index (χ1n) is 9.34. The largest absolute Gasteiger partial charge is 0.476 e. The lowest BCUT2D eigenvalue weighted by atomic mass is 10.1. The number of nitrogens with zero attached hydrogens (tertiary/aromatic N) is 3. The topological polar surface area (TPSA) is 63.4 Å². The predicted octanol–water partition coefficient (Wildman–Crippen LogP) is 4.20. The van der Waals surface area contributed by atoms with Crippen molar-refractivity contribution in [2.75, 3.05) is 26.7 Å². The van der Waals surface area contributed by atoms with E-state index in [9.17, 15) is 0 Å². The van der Waals surface area contributed by atoms with Crippen LogP contribution >= 0.6 is 24.0 Å². The SMILES string of the molecule is Cc1cc(Cl)ccc1OC(c1ccccc1)c1nc(C2CNCCN2C)no1.Cl. The minimum atomic E-state index is -0.496. The van der Waals surface area contributed by atoms with E-state index in [2.05, 4.69) is 22.4 Å². The van der Waals surface area contributed by atoms with Crippen LogP contribution in [0.1, 0.15) is 35.0 Å². The van der Waals surface area contributed by atoms with Gasteiger partial charge < -0.3 is 14.6 Å². The van der Waals surface area contributed by atoms with Gasteiger partial charge in [0.2, 0.25) is 6.10 Å². The standard InChI is InChI=1S/C21H23ClN4O2.ClH/c1-14-12-16(22)8-9-18(14)27-19(15-6-4-3-5-7-15)21-24-20(25-28-21)17-13-23-10-11-26(17)2;/h3-9,12,17,19,23H,10-11,13H2,1-2H3;1H. The van der Waals surface area contributed by atoms with E-state index >= 15 is 0 Å². The van der Waals surface area contributed by atoms with Crippen molar-refractivity contribution in [3.05, 3.63) is 76.4 Å². The summed E-state index contributed by atoms with van der Waals surface area (Å²) in [6, 6.07) is 15.5. The number of piperazine rings is 1. The Hall–Kier alpha value is -2.12. The van der Waals surface area contributed by atoms with Crippen LogP contribution in [0.3, 0.4) is 0 Å². The summed E-state index contributed by atoms with van der Waals surface area (Å²) in [6.07, 6.45) is -0.496. The summed E-state index contributed by atoms with van der Waals surface area (Å²) in [4.78, 5) is 6.92. The van der Waals surface area contributed by atoms with Gasteiger partial charge in [-0.3, -0.25) is 4.90 Å². The van der Waals surface area contributed by atoms with Crippen LogP contribution in [0.4, 0.5) is 0 Å². The zero-order chi connectivity index (χ0) is 19.5.